The van der Waals surface area contributed by atoms with E-state index in [1.165, 1.54) is 12.1 Å². The summed E-state index contributed by atoms with van der Waals surface area (Å²) in [5, 5.41) is 3.26. The Morgan fingerprint density at radius 1 is 1.33 bits per heavy atom. The standard InChI is InChI=1S/C16H20FN3O/c1-18-16(19-9-8-15-7-4-10-21-15)20(2)12-13-5-3-6-14(17)11-13/h3-7,10-11H,8-9,12H2,1-2H3,(H,18,19). The molecule has 21 heavy (non-hydrogen) atoms. The highest BCUT2D eigenvalue weighted by molar-refractivity contribution is 5.79. The third-order valence-electron chi connectivity index (χ3n) is 3.12. The van der Waals surface area contributed by atoms with Crippen LogP contribution in [0.4, 0.5) is 4.39 Å². The molecule has 1 aromatic heterocycles. The molecule has 2 rings (SSSR count). The van der Waals surface area contributed by atoms with Gasteiger partial charge in [0.05, 0.1) is 6.26 Å². The Bertz CT molecular complexity index is 581. The van der Waals surface area contributed by atoms with Gasteiger partial charge in [0.2, 0.25) is 0 Å². The Morgan fingerprint density at radius 2 is 2.19 bits per heavy atom. The molecule has 0 saturated heterocycles. The Morgan fingerprint density at radius 3 is 2.86 bits per heavy atom. The van der Waals surface area contributed by atoms with Crippen LogP contribution in [0.1, 0.15) is 11.3 Å². The molecule has 1 N–H and O–H groups in total. The van der Waals surface area contributed by atoms with Crippen molar-refractivity contribution in [1.82, 2.24) is 10.2 Å². The van der Waals surface area contributed by atoms with Gasteiger partial charge < -0.3 is 14.6 Å². The quantitative estimate of drug-likeness (QED) is 0.679. The molecule has 0 unspecified atom stereocenters. The van der Waals surface area contributed by atoms with E-state index in [4.69, 9.17) is 4.42 Å². The van der Waals surface area contributed by atoms with Gasteiger partial charge in [-0.1, -0.05) is 12.1 Å². The molecule has 0 atom stereocenters. The molecule has 0 saturated carbocycles. The van der Waals surface area contributed by atoms with Gasteiger partial charge in [0.1, 0.15) is 11.6 Å². The summed E-state index contributed by atoms with van der Waals surface area (Å²) in [6, 6.07) is 10.4. The van der Waals surface area contributed by atoms with E-state index in [2.05, 4.69) is 10.3 Å². The van der Waals surface area contributed by atoms with Gasteiger partial charge in [-0.05, 0) is 29.8 Å². The van der Waals surface area contributed by atoms with Crippen molar-refractivity contribution < 1.29 is 8.81 Å². The molecule has 1 aromatic carbocycles. The van der Waals surface area contributed by atoms with E-state index in [1.54, 1.807) is 19.4 Å². The number of benzene rings is 1. The van der Waals surface area contributed by atoms with Crippen LogP contribution in [0.15, 0.2) is 52.1 Å². The number of nitrogens with zero attached hydrogens (tertiary/aromatic N) is 2. The molecule has 5 heteroatoms. The van der Waals surface area contributed by atoms with E-state index in [-0.39, 0.29) is 5.82 Å². The molecular weight excluding hydrogens is 269 g/mol. The number of guanidine groups is 1. The summed E-state index contributed by atoms with van der Waals surface area (Å²) < 4.78 is 18.5. The lowest BCUT2D eigenvalue weighted by molar-refractivity contribution is 0.468. The van der Waals surface area contributed by atoms with E-state index >= 15 is 0 Å². The highest BCUT2D eigenvalue weighted by Crippen LogP contribution is 2.06. The van der Waals surface area contributed by atoms with E-state index < -0.39 is 0 Å². The summed E-state index contributed by atoms with van der Waals surface area (Å²) in [7, 11) is 3.66. The van der Waals surface area contributed by atoms with Crippen LogP contribution in [0.25, 0.3) is 0 Å². The smallest absolute Gasteiger partial charge is 0.193 e. The van der Waals surface area contributed by atoms with Crippen molar-refractivity contribution in [2.45, 2.75) is 13.0 Å². The van der Waals surface area contributed by atoms with Gasteiger partial charge >= 0.3 is 0 Å². The fraction of sp³-hybridized carbons (Fsp3) is 0.312. The van der Waals surface area contributed by atoms with Crippen molar-refractivity contribution in [3.63, 3.8) is 0 Å². The van der Waals surface area contributed by atoms with E-state index in [0.717, 1.165) is 30.2 Å². The molecule has 0 aliphatic carbocycles. The second kappa shape index (κ2) is 7.47. The first-order chi connectivity index (χ1) is 10.2. The molecule has 0 aliphatic heterocycles. The van der Waals surface area contributed by atoms with Gasteiger partial charge in [0.25, 0.3) is 0 Å². The third kappa shape index (κ3) is 4.63. The molecule has 0 aliphatic rings. The maximum absolute atomic E-state index is 13.2. The largest absolute Gasteiger partial charge is 0.469 e. The maximum atomic E-state index is 13.2. The minimum atomic E-state index is -0.221. The number of furan rings is 1. The van der Waals surface area contributed by atoms with Crippen molar-refractivity contribution in [3.05, 3.63) is 59.8 Å². The number of nitrogens with one attached hydrogen (secondary N) is 1. The molecule has 0 fully saturated rings. The number of halogens is 1. The van der Waals surface area contributed by atoms with E-state index in [9.17, 15) is 4.39 Å². The van der Waals surface area contributed by atoms with Gasteiger partial charge in [0, 0.05) is 33.6 Å². The summed E-state index contributed by atoms with van der Waals surface area (Å²) in [4.78, 5) is 6.19. The molecule has 0 spiro atoms. The lowest BCUT2D eigenvalue weighted by Crippen LogP contribution is -2.39. The summed E-state index contributed by atoms with van der Waals surface area (Å²) in [6.45, 7) is 1.33. The summed E-state index contributed by atoms with van der Waals surface area (Å²) in [6.07, 6.45) is 2.46. The van der Waals surface area contributed by atoms with Gasteiger partial charge in [-0.15, -0.1) is 0 Å². The Balaban J connectivity index is 1.85. The monoisotopic (exact) mass is 289 g/mol. The zero-order valence-electron chi connectivity index (χ0n) is 12.3. The molecule has 0 amide bonds. The second-order valence-corrected chi connectivity index (χ2v) is 4.79. The predicted octanol–water partition coefficient (Wildman–Crippen LogP) is 2.67. The van der Waals surface area contributed by atoms with Crippen molar-refractivity contribution in [1.29, 1.82) is 0 Å². The highest BCUT2D eigenvalue weighted by atomic mass is 19.1. The van der Waals surface area contributed by atoms with E-state index in [0.29, 0.717) is 6.54 Å². The minimum absolute atomic E-state index is 0.221. The van der Waals surface area contributed by atoms with Gasteiger partial charge in [0.15, 0.2) is 5.96 Å². The normalized spacial score (nSPS) is 11.5. The predicted molar refractivity (Wildman–Crippen MR) is 81.6 cm³/mol. The van der Waals surface area contributed by atoms with Gasteiger partial charge in [-0.2, -0.15) is 0 Å². The van der Waals surface area contributed by atoms with Crippen molar-refractivity contribution in [2.75, 3.05) is 20.6 Å². The van der Waals surface area contributed by atoms with Crippen molar-refractivity contribution >= 4 is 5.96 Å². The molecule has 0 bridgehead atoms. The number of rotatable bonds is 5. The third-order valence-corrected chi connectivity index (χ3v) is 3.12. The topological polar surface area (TPSA) is 40.8 Å². The molecule has 2 aromatic rings. The van der Waals surface area contributed by atoms with Crippen LogP contribution in [0.2, 0.25) is 0 Å². The van der Waals surface area contributed by atoms with Crippen LogP contribution in [-0.4, -0.2) is 31.5 Å². The summed E-state index contributed by atoms with van der Waals surface area (Å²) in [5.74, 6) is 1.48. The molecule has 4 nitrogen and oxygen atoms in total. The van der Waals surface area contributed by atoms with Crippen molar-refractivity contribution in [3.8, 4) is 0 Å². The lowest BCUT2D eigenvalue weighted by Gasteiger charge is -2.22. The summed E-state index contributed by atoms with van der Waals surface area (Å²) in [5.41, 5.74) is 0.909. The number of hydrogen-bond donors (Lipinski definition) is 1. The maximum Gasteiger partial charge on any atom is 0.193 e. The second-order valence-electron chi connectivity index (χ2n) is 4.79. The molecular formula is C16H20FN3O. The number of aliphatic imine (C=N–C) groups is 1. The SMILES string of the molecule is CN=C(NCCc1ccco1)N(C)Cc1cccc(F)c1. The molecule has 0 radical (unpaired) electrons. The average molecular weight is 289 g/mol. The highest BCUT2D eigenvalue weighted by Gasteiger charge is 2.07. The Labute approximate surface area is 124 Å². The first-order valence-electron chi connectivity index (χ1n) is 6.87. The van der Waals surface area contributed by atoms with Crippen LogP contribution in [0.3, 0.4) is 0 Å². The zero-order chi connectivity index (χ0) is 15.1. The number of hydrogen-bond acceptors (Lipinski definition) is 2. The lowest BCUT2D eigenvalue weighted by atomic mass is 10.2. The van der Waals surface area contributed by atoms with Crippen molar-refractivity contribution in [2.24, 2.45) is 4.99 Å². The van der Waals surface area contributed by atoms with Crippen LogP contribution >= 0.6 is 0 Å². The van der Waals surface area contributed by atoms with E-state index in [1.807, 2.05) is 30.1 Å². The minimum Gasteiger partial charge on any atom is -0.469 e. The van der Waals surface area contributed by atoms with Crippen LogP contribution < -0.4 is 5.32 Å². The van der Waals surface area contributed by atoms with Crippen LogP contribution in [0.5, 0.6) is 0 Å². The first kappa shape index (κ1) is 15.1. The van der Waals surface area contributed by atoms with Gasteiger partial charge in [-0.3, -0.25) is 4.99 Å². The zero-order valence-corrected chi connectivity index (χ0v) is 12.3. The Kier molecular flexibility index (Phi) is 5.37. The van der Waals surface area contributed by atoms with Gasteiger partial charge in [-0.25, -0.2) is 4.39 Å². The van der Waals surface area contributed by atoms with Crippen LogP contribution in [-0.2, 0) is 13.0 Å². The Hall–Kier alpha value is -2.30. The van der Waals surface area contributed by atoms with Crippen LogP contribution in [0, 0.1) is 5.82 Å². The fourth-order valence-corrected chi connectivity index (χ4v) is 2.12. The summed E-state index contributed by atoms with van der Waals surface area (Å²) >= 11 is 0. The molecule has 1 heterocycles. The average Bonchev–Trinajstić information content (AvgIpc) is 2.96. The molecule has 112 valence electrons. The fourth-order valence-electron chi connectivity index (χ4n) is 2.12. The first-order valence-corrected chi connectivity index (χ1v) is 6.87.